The van der Waals surface area contributed by atoms with Crippen LogP contribution in [0.4, 0.5) is 17.1 Å². The van der Waals surface area contributed by atoms with Crippen LogP contribution < -0.4 is 4.90 Å². The van der Waals surface area contributed by atoms with E-state index < -0.39 is 0 Å². The van der Waals surface area contributed by atoms with E-state index in [2.05, 4.69) is 246 Å². The van der Waals surface area contributed by atoms with E-state index in [1.54, 1.807) is 0 Å². The van der Waals surface area contributed by atoms with Crippen LogP contribution in [0.5, 0.6) is 0 Å². The number of rotatable bonds is 8. The van der Waals surface area contributed by atoms with Crippen molar-refractivity contribution in [1.29, 1.82) is 0 Å². The Hall–Kier alpha value is -8.27. The molecule has 3 heteroatoms. The zero-order chi connectivity index (χ0) is 41.0. The van der Waals surface area contributed by atoms with Crippen LogP contribution in [-0.4, -0.2) is 9.55 Å². The second kappa shape index (κ2) is 14.8. The van der Waals surface area contributed by atoms with Crippen LogP contribution in [0, 0.1) is 0 Å². The SMILES string of the molecule is c1ccc(N(c2ccccc2)c2ccc(-c3ccc(-c4ccc5ccc6c(-c7ccc(-c8nc9ccccc9n8-c8ccccc8)cc7)ccc7ccc4c5c76)cc3)cc2)cc1. The fourth-order valence-electron chi connectivity index (χ4n) is 9.41. The highest BCUT2D eigenvalue weighted by Gasteiger charge is 2.18. The summed E-state index contributed by atoms with van der Waals surface area (Å²) in [5.74, 6) is 0.937. The number of benzene rings is 11. The smallest absolute Gasteiger partial charge is 0.145 e. The Morgan fingerprint density at radius 1 is 0.323 bits per heavy atom. The molecule has 11 aromatic carbocycles. The number of imidazole rings is 1. The highest BCUT2D eigenvalue weighted by Crippen LogP contribution is 2.43. The van der Waals surface area contributed by atoms with E-state index in [0.717, 1.165) is 45.2 Å². The molecule has 12 rings (SSSR count). The Labute approximate surface area is 360 Å². The van der Waals surface area contributed by atoms with E-state index in [4.69, 9.17) is 4.98 Å². The Morgan fingerprint density at radius 2 is 0.742 bits per heavy atom. The summed E-state index contributed by atoms with van der Waals surface area (Å²) in [5, 5.41) is 7.67. The first kappa shape index (κ1) is 35.7. The van der Waals surface area contributed by atoms with E-state index in [1.165, 1.54) is 65.7 Å². The average molecular weight is 790 g/mol. The van der Waals surface area contributed by atoms with Crippen molar-refractivity contribution in [3.05, 3.63) is 237 Å². The van der Waals surface area contributed by atoms with Gasteiger partial charge in [0.1, 0.15) is 5.82 Å². The monoisotopic (exact) mass is 789 g/mol. The molecule has 0 saturated carbocycles. The van der Waals surface area contributed by atoms with Crippen molar-refractivity contribution in [1.82, 2.24) is 9.55 Å². The Kier molecular flexibility index (Phi) is 8.50. The van der Waals surface area contributed by atoms with E-state index in [9.17, 15) is 0 Å². The van der Waals surface area contributed by atoms with E-state index in [0.29, 0.717) is 0 Å². The molecule has 0 atom stereocenters. The van der Waals surface area contributed by atoms with Gasteiger partial charge in [0.2, 0.25) is 0 Å². The molecule has 290 valence electrons. The summed E-state index contributed by atoms with van der Waals surface area (Å²) < 4.78 is 2.26. The lowest BCUT2D eigenvalue weighted by atomic mass is 9.87. The normalized spacial score (nSPS) is 11.5. The molecule has 62 heavy (non-hydrogen) atoms. The second-order valence-electron chi connectivity index (χ2n) is 16.0. The maximum absolute atomic E-state index is 5.11. The van der Waals surface area contributed by atoms with Gasteiger partial charge in [0.05, 0.1) is 11.0 Å². The Morgan fingerprint density at radius 3 is 1.29 bits per heavy atom. The molecular formula is C59H39N3. The van der Waals surface area contributed by atoms with Crippen LogP contribution in [0.25, 0.3) is 93.8 Å². The van der Waals surface area contributed by atoms with Crippen molar-refractivity contribution < 1.29 is 0 Å². The molecule has 0 fully saturated rings. The van der Waals surface area contributed by atoms with Crippen molar-refractivity contribution in [3.8, 4) is 50.5 Å². The van der Waals surface area contributed by atoms with E-state index in [1.807, 2.05) is 0 Å². The predicted molar refractivity (Wildman–Crippen MR) is 261 cm³/mol. The number of hydrogen-bond donors (Lipinski definition) is 0. The van der Waals surface area contributed by atoms with Gasteiger partial charge in [-0.1, -0.05) is 176 Å². The summed E-state index contributed by atoms with van der Waals surface area (Å²) >= 11 is 0. The van der Waals surface area contributed by atoms with Crippen LogP contribution >= 0.6 is 0 Å². The maximum atomic E-state index is 5.11. The lowest BCUT2D eigenvalue weighted by Gasteiger charge is -2.25. The molecule has 0 unspecified atom stereocenters. The zero-order valence-corrected chi connectivity index (χ0v) is 33.9. The lowest BCUT2D eigenvalue weighted by molar-refractivity contribution is 1.10. The summed E-state index contributed by atoms with van der Waals surface area (Å²) in [6.07, 6.45) is 0. The third-order valence-corrected chi connectivity index (χ3v) is 12.4. The van der Waals surface area contributed by atoms with Gasteiger partial charge in [-0.2, -0.15) is 0 Å². The summed E-state index contributed by atoms with van der Waals surface area (Å²) in [6, 6.07) is 85.2. The minimum absolute atomic E-state index is 0.937. The van der Waals surface area contributed by atoms with Gasteiger partial charge < -0.3 is 4.90 Å². The first-order valence-electron chi connectivity index (χ1n) is 21.2. The van der Waals surface area contributed by atoms with Gasteiger partial charge in [-0.15, -0.1) is 0 Å². The molecule has 0 amide bonds. The molecule has 0 aliphatic carbocycles. The summed E-state index contributed by atoms with van der Waals surface area (Å²) in [6.45, 7) is 0. The minimum Gasteiger partial charge on any atom is -0.311 e. The van der Waals surface area contributed by atoms with Crippen molar-refractivity contribution in [3.63, 3.8) is 0 Å². The molecule has 0 saturated heterocycles. The number of fused-ring (bicyclic) bond motifs is 1. The number of para-hydroxylation sites is 5. The van der Waals surface area contributed by atoms with Gasteiger partial charge >= 0.3 is 0 Å². The van der Waals surface area contributed by atoms with Crippen molar-refractivity contribution in [2.45, 2.75) is 0 Å². The van der Waals surface area contributed by atoms with E-state index in [-0.39, 0.29) is 0 Å². The molecule has 0 radical (unpaired) electrons. The quantitative estimate of drug-likeness (QED) is 0.143. The summed E-state index contributed by atoms with van der Waals surface area (Å²) in [7, 11) is 0. The van der Waals surface area contributed by atoms with Crippen LogP contribution in [0.2, 0.25) is 0 Å². The highest BCUT2D eigenvalue weighted by molar-refractivity contribution is 6.27. The van der Waals surface area contributed by atoms with Crippen LogP contribution in [-0.2, 0) is 0 Å². The van der Waals surface area contributed by atoms with Crippen LogP contribution in [0.3, 0.4) is 0 Å². The molecule has 1 aromatic heterocycles. The molecule has 0 spiro atoms. The van der Waals surface area contributed by atoms with Crippen molar-refractivity contribution in [2.75, 3.05) is 4.90 Å². The standard InChI is InChI=1S/C59H39N3/c1-4-12-47(13-5-1)61(48-14-6-2-7-15-48)50-34-28-41(29-35-50)40-20-22-42(23-21-40)51-36-30-44-33-39-54-52(37-31-45-32-38-53(51)57(44)58(45)54)43-24-26-46(27-25-43)59-60-55-18-10-11-19-56(55)62(59)49-16-8-3-9-17-49/h1-39H. The van der Waals surface area contributed by atoms with Gasteiger partial charge in [0.25, 0.3) is 0 Å². The zero-order valence-electron chi connectivity index (χ0n) is 33.9. The molecular weight excluding hydrogens is 751 g/mol. The number of aromatic nitrogens is 2. The molecule has 0 aliphatic heterocycles. The summed E-state index contributed by atoms with van der Waals surface area (Å²) in [5.41, 5.74) is 14.9. The second-order valence-corrected chi connectivity index (χ2v) is 16.0. The van der Waals surface area contributed by atoms with Crippen molar-refractivity contribution >= 4 is 60.4 Å². The molecule has 0 aliphatic rings. The summed E-state index contributed by atoms with van der Waals surface area (Å²) in [4.78, 5) is 7.41. The molecule has 1 heterocycles. The Bertz CT molecular complexity index is 3480. The Balaban J connectivity index is 0.880. The lowest BCUT2D eigenvalue weighted by Crippen LogP contribution is -2.09. The first-order valence-corrected chi connectivity index (χ1v) is 21.2. The van der Waals surface area contributed by atoms with Crippen LogP contribution in [0.1, 0.15) is 0 Å². The molecule has 3 nitrogen and oxygen atoms in total. The van der Waals surface area contributed by atoms with Gasteiger partial charge in [0.15, 0.2) is 0 Å². The van der Waals surface area contributed by atoms with Gasteiger partial charge in [0, 0.05) is 28.3 Å². The molecule has 12 aromatic rings. The first-order chi connectivity index (χ1) is 30.7. The topological polar surface area (TPSA) is 21.1 Å². The fraction of sp³-hybridized carbons (Fsp3) is 0. The highest BCUT2D eigenvalue weighted by atomic mass is 15.1. The predicted octanol–water partition coefficient (Wildman–Crippen LogP) is 16.1. The van der Waals surface area contributed by atoms with Gasteiger partial charge in [-0.05, 0) is 126 Å². The average Bonchev–Trinajstić information content (AvgIpc) is 3.74. The third kappa shape index (κ3) is 6.02. The molecule has 0 bridgehead atoms. The number of anilines is 3. The third-order valence-electron chi connectivity index (χ3n) is 12.4. The van der Waals surface area contributed by atoms with Gasteiger partial charge in [-0.3, -0.25) is 4.57 Å². The van der Waals surface area contributed by atoms with Crippen LogP contribution in [0.15, 0.2) is 237 Å². The van der Waals surface area contributed by atoms with Crippen molar-refractivity contribution in [2.24, 2.45) is 0 Å². The number of nitrogens with zero attached hydrogens (tertiary/aromatic N) is 3. The van der Waals surface area contributed by atoms with Gasteiger partial charge in [-0.25, -0.2) is 4.98 Å². The fourth-order valence-corrected chi connectivity index (χ4v) is 9.41. The minimum atomic E-state index is 0.937. The molecule has 0 N–H and O–H groups in total. The largest absolute Gasteiger partial charge is 0.311 e. The van der Waals surface area contributed by atoms with E-state index >= 15 is 0 Å². The maximum Gasteiger partial charge on any atom is 0.145 e. The number of hydrogen-bond acceptors (Lipinski definition) is 2.